The number of rotatable bonds is 3. The van der Waals surface area contributed by atoms with Crippen molar-refractivity contribution in [3.05, 3.63) is 67.1 Å². The summed E-state index contributed by atoms with van der Waals surface area (Å²) in [6, 6.07) is 15.9. The molecule has 0 bridgehead atoms. The lowest BCUT2D eigenvalue weighted by atomic mass is 10.1. The Bertz CT molecular complexity index is 653. The predicted molar refractivity (Wildman–Crippen MR) is 75.0 cm³/mol. The first-order valence-electron chi connectivity index (χ1n) is 5.97. The Morgan fingerprint density at radius 3 is 2.53 bits per heavy atom. The van der Waals surface area contributed by atoms with Crippen LogP contribution in [0.25, 0.3) is 11.1 Å². The van der Waals surface area contributed by atoms with E-state index in [0.29, 0.717) is 5.82 Å². The van der Waals surface area contributed by atoms with Crippen molar-refractivity contribution in [2.75, 3.05) is 5.32 Å². The molecule has 0 amide bonds. The van der Waals surface area contributed by atoms with E-state index in [1.807, 2.05) is 48.5 Å². The maximum Gasteiger partial charge on any atom is 0.153 e. The molecular formula is C15H12N4. The van der Waals surface area contributed by atoms with Gasteiger partial charge in [-0.15, -0.1) is 5.10 Å². The molecule has 0 aliphatic carbocycles. The van der Waals surface area contributed by atoms with Crippen LogP contribution in [0.3, 0.4) is 0 Å². The first-order valence-corrected chi connectivity index (χ1v) is 5.97. The van der Waals surface area contributed by atoms with Crippen molar-refractivity contribution in [2.24, 2.45) is 0 Å². The minimum Gasteiger partial charge on any atom is -0.337 e. The van der Waals surface area contributed by atoms with Gasteiger partial charge >= 0.3 is 0 Å². The molecule has 0 aliphatic rings. The van der Waals surface area contributed by atoms with Crippen LogP contribution in [0.2, 0.25) is 0 Å². The van der Waals surface area contributed by atoms with E-state index in [1.165, 1.54) is 0 Å². The molecule has 0 fully saturated rings. The first kappa shape index (κ1) is 11.3. The van der Waals surface area contributed by atoms with E-state index in [9.17, 15) is 0 Å². The molecule has 0 spiro atoms. The molecule has 0 saturated carbocycles. The summed E-state index contributed by atoms with van der Waals surface area (Å²) < 4.78 is 0. The van der Waals surface area contributed by atoms with Crippen molar-refractivity contribution >= 4 is 11.5 Å². The summed E-state index contributed by atoms with van der Waals surface area (Å²) in [4.78, 5) is 4.05. The maximum atomic E-state index is 4.07. The largest absolute Gasteiger partial charge is 0.337 e. The standard InChI is InChI=1S/C15H12N4/c1-2-5-12(6-3-1)13-9-15(19-17-10-13)18-14-7-4-8-16-11-14/h1-11H,(H,18,19). The van der Waals surface area contributed by atoms with Crippen molar-refractivity contribution in [1.29, 1.82) is 0 Å². The number of nitrogens with one attached hydrogen (secondary N) is 1. The molecule has 2 aromatic heterocycles. The lowest BCUT2D eigenvalue weighted by molar-refractivity contribution is 1.04. The number of aromatic nitrogens is 3. The van der Waals surface area contributed by atoms with Crippen molar-refractivity contribution in [3.8, 4) is 11.1 Å². The second kappa shape index (κ2) is 5.27. The van der Waals surface area contributed by atoms with Crippen LogP contribution in [-0.2, 0) is 0 Å². The van der Waals surface area contributed by atoms with Gasteiger partial charge in [-0.25, -0.2) is 0 Å². The molecule has 4 heteroatoms. The topological polar surface area (TPSA) is 50.7 Å². The van der Waals surface area contributed by atoms with E-state index in [-0.39, 0.29) is 0 Å². The Balaban J connectivity index is 1.89. The minimum absolute atomic E-state index is 0.703. The van der Waals surface area contributed by atoms with Gasteiger partial charge in [-0.2, -0.15) is 5.10 Å². The van der Waals surface area contributed by atoms with Crippen LogP contribution >= 0.6 is 0 Å². The molecule has 0 saturated heterocycles. The van der Waals surface area contributed by atoms with E-state index < -0.39 is 0 Å². The fourth-order valence-corrected chi connectivity index (χ4v) is 1.80. The Labute approximate surface area is 111 Å². The van der Waals surface area contributed by atoms with Gasteiger partial charge < -0.3 is 5.32 Å². The lowest BCUT2D eigenvalue weighted by Crippen LogP contribution is -1.96. The number of benzene rings is 1. The van der Waals surface area contributed by atoms with Crippen molar-refractivity contribution < 1.29 is 0 Å². The molecule has 2 heterocycles. The maximum absolute atomic E-state index is 4.07. The minimum atomic E-state index is 0.703. The molecule has 4 nitrogen and oxygen atoms in total. The fraction of sp³-hybridized carbons (Fsp3) is 0. The Morgan fingerprint density at radius 2 is 1.74 bits per heavy atom. The summed E-state index contributed by atoms with van der Waals surface area (Å²) in [5.74, 6) is 0.703. The summed E-state index contributed by atoms with van der Waals surface area (Å²) in [5, 5.41) is 11.3. The van der Waals surface area contributed by atoms with Gasteiger partial charge in [-0.05, 0) is 23.8 Å². The van der Waals surface area contributed by atoms with E-state index in [2.05, 4.69) is 20.5 Å². The second-order valence-corrected chi connectivity index (χ2v) is 4.06. The molecule has 0 radical (unpaired) electrons. The molecule has 3 aromatic rings. The zero-order chi connectivity index (χ0) is 12.9. The molecule has 19 heavy (non-hydrogen) atoms. The third-order valence-corrected chi connectivity index (χ3v) is 2.70. The van der Waals surface area contributed by atoms with Crippen molar-refractivity contribution in [2.45, 2.75) is 0 Å². The average Bonchev–Trinajstić information content (AvgIpc) is 2.49. The van der Waals surface area contributed by atoms with Crippen LogP contribution in [0.4, 0.5) is 11.5 Å². The average molecular weight is 248 g/mol. The number of hydrogen-bond acceptors (Lipinski definition) is 4. The van der Waals surface area contributed by atoms with Crippen molar-refractivity contribution in [1.82, 2.24) is 15.2 Å². The quantitative estimate of drug-likeness (QED) is 0.772. The summed E-state index contributed by atoms with van der Waals surface area (Å²) in [5.41, 5.74) is 3.04. The van der Waals surface area contributed by atoms with E-state index in [0.717, 1.165) is 16.8 Å². The first-order chi connectivity index (χ1) is 9.42. The van der Waals surface area contributed by atoms with Crippen LogP contribution in [0.1, 0.15) is 0 Å². The highest BCUT2D eigenvalue weighted by molar-refractivity contribution is 5.67. The Hall–Kier alpha value is -2.75. The molecule has 0 aliphatic heterocycles. The highest BCUT2D eigenvalue weighted by atomic mass is 15.2. The van der Waals surface area contributed by atoms with Gasteiger partial charge in [0.05, 0.1) is 18.1 Å². The molecule has 92 valence electrons. The van der Waals surface area contributed by atoms with Crippen LogP contribution in [0.5, 0.6) is 0 Å². The number of nitrogens with zero attached hydrogens (tertiary/aromatic N) is 3. The van der Waals surface area contributed by atoms with Gasteiger partial charge in [-0.1, -0.05) is 30.3 Å². The lowest BCUT2D eigenvalue weighted by Gasteiger charge is -2.06. The third kappa shape index (κ3) is 2.74. The van der Waals surface area contributed by atoms with Crippen LogP contribution in [0, 0.1) is 0 Å². The smallest absolute Gasteiger partial charge is 0.153 e. The molecule has 0 unspecified atom stereocenters. The SMILES string of the molecule is c1ccc(-c2cnnc(Nc3cccnc3)c2)cc1. The highest BCUT2D eigenvalue weighted by Gasteiger charge is 2.01. The van der Waals surface area contributed by atoms with E-state index >= 15 is 0 Å². The zero-order valence-electron chi connectivity index (χ0n) is 10.2. The number of hydrogen-bond donors (Lipinski definition) is 1. The fourth-order valence-electron chi connectivity index (χ4n) is 1.80. The number of anilines is 2. The van der Waals surface area contributed by atoms with Gasteiger partial charge in [0, 0.05) is 11.8 Å². The molecular weight excluding hydrogens is 236 g/mol. The monoisotopic (exact) mass is 248 g/mol. The highest BCUT2D eigenvalue weighted by Crippen LogP contribution is 2.21. The second-order valence-electron chi connectivity index (χ2n) is 4.06. The Morgan fingerprint density at radius 1 is 0.842 bits per heavy atom. The van der Waals surface area contributed by atoms with E-state index in [4.69, 9.17) is 0 Å². The number of pyridine rings is 1. The summed E-state index contributed by atoms with van der Waals surface area (Å²) >= 11 is 0. The molecule has 3 rings (SSSR count). The van der Waals surface area contributed by atoms with Gasteiger partial charge in [0.25, 0.3) is 0 Å². The summed E-state index contributed by atoms with van der Waals surface area (Å²) in [6.07, 6.45) is 5.23. The van der Waals surface area contributed by atoms with Gasteiger partial charge in [0.2, 0.25) is 0 Å². The molecule has 0 atom stereocenters. The van der Waals surface area contributed by atoms with E-state index in [1.54, 1.807) is 18.6 Å². The summed E-state index contributed by atoms with van der Waals surface area (Å²) in [7, 11) is 0. The molecule has 1 aromatic carbocycles. The van der Waals surface area contributed by atoms with Crippen LogP contribution < -0.4 is 5.32 Å². The third-order valence-electron chi connectivity index (χ3n) is 2.70. The zero-order valence-corrected chi connectivity index (χ0v) is 10.2. The van der Waals surface area contributed by atoms with Gasteiger partial charge in [-0.3, -0.25) is 4.98 Å². The van der Waals surface area contributed by atoms with Crippen LogP contribution in [-0.4, -0.2) is 15.2 Å². The normalized spacial score (nSPS) is 10.1. The molecule has 1 N–H and O–H groups in total. The predicted octanol–water partition coefficient (Wildman–Crippen LogP) is 3.28. The van der Waals surface area contributed by atoms with Gasteiger partial charge in [0.15, 0.2) is 5.82 Å². The van der Waals surface area contributed by atoms with Gasteiger partial charge in [0.1, 0.15) is 0 Å². The summed E-state index contributed by atoms with van der Waals surface area (Å²) in [6.45, 7) is 0. The Kier molecular flexibility index (Phi) is 3.14. The van der Waals surface area contributed by atoms with Crippen LogP contribution in [0.15, 0.2) is 67.1 Å². The van der Waals surface area contributed by atoms with Crippen molar-refractivity contribution in [3.63, 3.8) is 0 Å².